The summed E-state index contributed by atoms with van der Waals surface area (Å²) >= 11 is 2.23. The second kappa shape index (κ2) is 11.8. The Balaban J connectivity index is 1.38. The molecule has 3 aromatic rings. The van der Waals surface area contributed by atoms with Crippen LogP contribution in [0.1, 0.15) is 24.8 Å². The number of amides is 1. The van der Waals surface area contributed by atoms with Crippen molar-refractivity contribution in [2.45, 2.75) is 23.6 Å². The van der Waals surface area contributed by atoms with Crippen LogP contribution in [0, 0.1) is 28.9 Å². The van der Waals surface area contributed by atoms with Gasteiger partial charge in [-0.3, -0.25) is 14.5 Å². The normalized spacial score (nSPS) is 17.3. The van der Waals surface area contributed by atoms with Gasteiger partial charge in [0.2, 0.25) is 11.0 Å². The van der Waals surface area contributed by atoms with Crippen molar-refractivity contribution < 1.29 is 18.4 Å². The molecule has 0 bridgehead atoms. The highest BCUT2D eigenvalue weighted by Gasteiger charge is 2.39. The molecule has 2 aromatic carbocycles. The van der Waals surface area contributed by atoms with Crippen molar-refractivity contribution in [3.8, 4) is 6.07 Å². The molecule has 1 atom stereocenters. The molecule has 1 aliphatic heterocycles. The third kappa shape index (κ3) is 5.66. The molecule has 8 nitrogen and oxygen atoms in total. The summed E-state index contributed by atoms with van der Waals surface area (Å²) in [6.07, 6.45) is 5.30. The number of nitrogens with one attached hydrogen (secondary N) is 1. The lowest BCUT2D eigenvalue weighted by Gasteiger charge is -2.37. The number of nitrogens with zero attached hydrogens (tertiary/aromatic N) is 4. The molecule has 1 aliphatic carbocycles. The zero-order valence-corrected chi connectivity index (χ0v) is 22.6. The average Bonchev–Trinajstić information content (AvgIpc) is 3.41. The molecule has 2 heterocycles. The van der Waals surface area contributed by atoms with Gasteiger partial charge < -0.3 is 11.1 Å². The first-order chi connectivity index (χ1) is 19.4. The Hall–Kier alpha value is -4.34. The van der Waals surface area contributed by atoms with Gasteiger partial charge in [0.25, 0.3) is 0 Å². The van der Waals surface area contributed by atoms with Crippen molar-refractivity contribution in [3.63, 3.8) is 0 Å². The Morgan fingerprint density at radius 2 is 2.02 bits per heavy atom. The van der Waals surface area contributed by atoms with Gasteiger partial charge in [-0.1, -0.05) is 65.6 Å². The Labute approximate surface area is 236 Å². The zero-order chi connectivity index (χ0) is 28.2. The second-order valence-electron chi connectivity index (χ2n) is 8.94. The van der Waals surface area contributed by atoms with E-state index in [9.17, 15) is 23.6 Å². The molecule has 0 saturated carbocycles. The van der Waals surface area contributed by atoms with E-state index in [2.05, 4.69) is 21.6 Å². The number of benzene rings is 2. The van der Waals surface area contributed by atoms with E-state index in [4.69, 9.17) is 5.73 Å². The fourth-order valence-corrected chi connectivity index (χ4v) is 6.25. The summed E-state index contributed by atoms with van der Waals surface area (Å²) in [5, 5.41) is 21.2. The molecular formula is C28H22F2N6O2S2. The number of thioether (sulfide) groups is 1. The van der Waals surface area contributed by atoms with Crippen molar-refractivity contribution in [1.82, 2.24) is 10.2 Å². The van der Waals surface area contributed by atoms with E-state index in [0.717, 1.165) is 40.8 Å². The number of hydrogen-bond acceptors (Lipinski definition) is 9. The van der Waals surface area contributed by atoms with E-state index in [-0.39, 0.29) is 28.6 Å². The van der Waals surface area contributed by atoms with Crippen LogP contribution < -0.4 is 16.0 Å². The van der Waals surface area contributed by atoms with Crippen molar-refractivity contribution in [1.29, 1.82) is 5.26 Å². The Morgan fingerprint density at radius 3 is 2.77 bits per heavy atom. The number of aromatic nitrogens is 2. The summed E-state index contributed by atoms with van der Waals surface area (Å²) < 4.78 is 27.4. The van der Waals surface area contributed by atoms with E-state index in [1.807, 2.05) is 42.5 Å². The molecule has 12 heteroatoms. The van der Waals surface area contributed by atoms with Crippen molar-refractivity contribution >= 4 is 51.7 Å². The molecule has 0 radical (unpaired) electrons. The third-order valence-electron chi connectivity index (χ3n) is 6.36. The number of halogens is 2. The minimum absolute atomic E-state index is 0.0435. The minimum Gasteiger partial charge on any atom is -0.384 e. The summed E-state index contributed by atoms with van der Waals surface area (Å²) in [7, 11) is 0. The first-order valence-corrected chi connectivity index (χ1v) is 14.1. The zero-order valence-electron chi connectivity index (χ0n) is 20.9. The third-order valence-corrected chi connectivity index (χ3v) is 8.40. The van der Waals surface area contributed by atoms with Gasteiger partial charge in [-0.15, -0.1) is 10.2 Å². The maximum absolute atomic E-state index is 13.8. The van der Waals surface area contributed by atoms with E-state index in [1.54, 1.807) is 4.90 Å². The number of carbonyl (C=O) groups excluding carboxylic acids is 2. The van der Waals surface area contributed by atoms with Crippen LogP contribution in [0.4, 0.5) is 19.6 Å². The Kier molecular flexibility index (Phi) is 8.04. The first-order valence-electron chi connectivity index (χ1n) is 12.3. The van der Waals surface area contributed by atoms with Gasteiger partial charge in [0.15, 0.2) is 10.1 Å². The van der Waals surface area contributed by atoms with Crippen LogP contribution >= 0.6 is 23.1 Å². The monoisotopic (exact) mass is 576 g/mol. The molecule has 3 N–H and O–H groups in total. The minimum atomic E-state index is -0.875. The Bertz CT molecular complexity index is 1610. The van der Waals surface area contributed by atoms with E-state index in [1.165, 1.54) is 0 Å². The van der Waals surface area contributed by atoms with Gasteiger partial charge in [0, 0.05) is 29.7 Å². The number of Topliss-reactive ketones (excluding diaryl/α,β-unsaturated/α-hetero) is 1. The molecule has 1 aromatic heterocycles. The average molecular weight is 577 g/mol. The summed E-state index contributed by atoms with van der Waals surface area (Å²) in [4.78, 5) is 27.1. The number of anilines is 2. The van der Waals surface area contributed by atoms with Gasteiger partial charge in [0.05, 0.1) is 23.1 Å². The van der Waals surface area contributed by atoms with E-state index in [0.29, 0.717) is 46.1 Å². The molecule has 0 saturated heterocycles. The maximum atomic E-state index is 13.8. The predicted molar refractivity (Wildman–Crippen MR) is 150 cm³/mol. The number of rotatable bonds is 7. The summed E-state index contributed by atoms with van der Waals surface area (Å²) in [6.45, 7) is 0. The van der Waals surface area contributed by atoms with Crippen LogP contribution in [0.2, 0.25) is 0 Å². The summed E-state index contributed by atoms with van der Waals surface area (Å²) in [6, 6.07) is 14.7. The van der Waals surface area contributed by atoms with Crippen LogP contribution in [0.25, 0.3) is 6.08 Å². The lowest BCUT2D eigenvalue weighted by molar-refractivity contribution is -0.116. The molecule has 0 spiro atoms. The molecule has 40 heavy (non-hydrogen) atoms. The fourth-order valence-electron chi connectivity index (χ4n) is 4.57. The standard InChI is InChI=1S/C28H22F2N6O2S2/c29-17-10-12-21(20(30)13-17)33-24(38)15-39-28-35-34-27(40-28)36-22-7-4-8-23(37)25(22)18(19(14-31)26(36)32)11-9-16-5-2-1-3-6-16/h1-3,5-6,9-13,18H,4,7-8,15,32H2,(H,33,38)/b11-9+. The first kappa shape index (κ1) is 27.2. The van der Waals surface area contributed by atoms with Crippen molar-refractivity contribution in [3.05, 3.63) is 94.5 Å². The van der Waals surface area contributed by atoms with Gasteiger partial charge in [-0.2, -0.15) is 5.26 Å². The molecule has 0 fully saturated rings. The molecule has 5 rings (SSSR count). The maximum Gasteiger partial charge on any atom is 0.234 e. The SMILES string of the molecule is N#CC1=C(N)N(c2nnc(SCC(=O)Nc3ccc(F)cc3F)s2)C2=C(C(=O)CCC2)C1/C=C/c1ccccc1. The molecular weight excluding hydrogens is 554 g/mol. The van der Waals surface area contributed by atoms with Gasteiger partial charge in [-0.25, -0.2) is 8.78 Å². The highest BCUT2D eigenvalue weighted by atomic mass is 32.2. The van der Waals surface area contributed by atoms with Crippen LogP contribution in [0.15, 0.2) is 81.6 Å². The highest BCUT2D eigenvalue weighted by molar-refractivity contribution is 8.01. The molecule has 1 unspecified atom stereocenters. The van der Waals surface area contributed by atoms with Gasteiger partial charge in [0.1, 0.15) is 17.5 Å². The van der Waals surface area contributed by atoms with Crippen LogP contribution in [0.3, 0.4) is 0 Å². The number of hydrogen-bond donors (Lipinski definition) is 2. The van der Waals surface area contributed by atoms with Crippen LogP contribution in [-0.2, 0) is 9.59 Å². The summed E-state index contributed by atoms with van der Waals surface area (Å²) in [5.41, 5.74) is 8.79. The molecule has 1 amide bonds. The van der Waals surface area contributed by atoms with E-state index < -0.39 is 23.5 Å². The van der Waals surface area contributed by atoms with Crippen LogP contribution in [0.5, 0.6) is 0 Å². The topological polar surface area (TPSA) is 125 Å². The highest BCUT2D eigenvalue weighted by Crippen LogP contribution is 2.44. The van der Waals surface area contributed by atoms with Crippen molar-refractivity contribution in [2.75, 3.05) is 16.0 Å². The number of ketones is 1. The van der Waals surface area contributed by atoms with Gasteiger partial charge in [-0.05, 0) is 30.5 Å². The number of allylic oxidation sites excluding steroid dienone is 4. The van der Waals surface area contributed by atoms with Gasteiger partial charge >= 0.3 is 0 Å². The smallest absolute Gasteiger partial charge is 0.234 e. The predicted octanol–water partition coefficient (Wildman–Crippen LogP) is 5.40. The lowest BCUT2D eigenvalue weighted by atomic mass is 9.79. The Morgan fingerprint density at radius 1 is 1.23 bits per heavy atom. The number of nitrogens with two attached hydrogens (primary N) is 1. The van der Waals surface area contributed by atoms with E-state index >= 15 is 0 Å². The molecule has 2 aliphatic rings. The van der Waals surface area contributed by atoms with Crippen molar-refractivity contribution in [2.24, 2.45) is 11.7 Å². The molecule has 202 valence electrons. The largest absolute Gasteiger partial charge is 0.384 e. The summed E-state index contributed by atoms with van der Waals surface area (Å²) in [5.74, 6) is -2.67. The fraction of sp³-hybridized carbons (Fsp3) is 0.179. The second-order valence-corrected chi connectivity index (χ2v) is 11.1. The number of carbonyl (C=O) groups is 2. The van der Waals surface area contributed by atoms with Crippen LogP contribution in [-0.4, -0.2) is 27.6 Å². The number of nitriles is 1. The lowest BCUT2D eigenvalue weighted by Crippen LogP contribution is -2.39. The quantitative estimate of drug-likeness (QED) is 0.359.